The van der Waals surface area contributed by atoms with Crippen LogP contribution in [0.3, 0.4) is 0 Å². The summed E-state index contributed by atoms with van der Waals surface area (Å²) >= 11 is 1.36. The van der Waals surface area contributed by atoms with Gasteiger partial charge in [-0.3, -0.25) is 14.5 Å². The van der Waals surface area contributed by atoms with Crippen molar-refractivity contribution in [1.82, 2.24) is 0 Å². The van der Waals surface area contributed by atoms with Crippen LogP contribution in [0.4, 0.5) is 5.69 Å². The Labute approximate surface area is 190 Å². The number of benzene rings is 2. The van der Waals surface area contributed by atoms with E-state index < -0.39 is 17.7 Å². The minimum absolute atomic E-state index is 0.00384. The molecule has 3 aromatic rings. The fourth-order valence-corrected chi connectivity index (χ4v) is 4.63. The van der Waals surface area contributed by atoms with E-state index in [1.54, 1.807) is 42.5 Å². The lowest BCUT2D eigenvalue weighted by Crippen LogP contribution is -2.29. The first-order valence-electron chi connectivity index (χ1n) is 10.2. The maximum atomic E-state index is 13.1. The van der Waals surface area contributed by atoms with E-state index in [4.69, 9.17) is 4.74 Å². The molecule has 1 amide bonds. The number of carbonyl (C=O) groups excluding carboxylic acids is 2. The molecule has 0 saturated carbocycles. The molecule has 1 saturated heterocycles. The third-order valence-corrected chi connectivity index (χ3v) is 6.13. The Morgan fingerprint density at radius 3 is 2.47 bits per heavy atom. The highest BCUT2D eigenvalue weighted by molar-refractivity contribution is 7.10. The maximum Gasteiger partial charge on any atom is 0.300 e. The molecule has 6 nitrogen and oxygen atoms in total. The summed E-state index contributed by atoms with van der Waals surface area (Å²) < 4.78 is 5.76. The molecular formula is C25H23NO5S. The lowest BCUT2D eigenvalue weighted by molar-refractivity contribution is -0.132. The van der Waals surface area contributed by atoms with Gasteiger partial charge in [0.05, 0.1) is 17.4 Å². The quantitative estimate of drug-likeness (QED) is 0.319. The molecule has 2 aromatic carbocycles. The second-order valence-corrected chi connectivity index (χ2v) is 8.80. The monoisotopic (exact) mass is 449 g/mol. The van der Waals surface area contributed by atoms with Crippen molar-refractivity contribution in [3.63, 3.8) is 0 Å². The molecule has 164 valence electrons. The summed E-state index contributed by atoms with van der Waals surface area (Å²) in [6, 6.07) is 14.2. The van der Waals surface area contributed by atoms with Gasteiger partial charge in [-0.15, -0.1) is 11.3 Å². The average molecular weight is 450 g/mol. The number of thiophene rings is 1. The van der Waals surface area contributed by atoms with Crippen molar-refractivity contribution in [2.24, 2.45) is 0 Å². The number of aromatic hydroxyl groups is 1. The SMILES string of the molecule is Cc1cc(/C(O)=C2/C(=O)C(=O)N(c3ccccc3O)C2c2cccs2)ccc1OC(C)C. The zero-order valence-corrected chi connectivity index (χ0v) is 18.7. The number of Topliss-reactive ketones (excluding diaryl/α,β-unsaturated/α-hetero) is 1. The summed E-state index contributed by atoms with van der Waals surface area (Å²) in [4.78, 5) is 28.1. The number of rotatable bonds is 5. The molecule has 4 rings (SSSR count). The van der Waals surface area contributed by atoms with Crippen molar-refractivity contribution in [2.45, 2.75) is 32.9 Å². The van der Waals surface area contributed by atoms with Crippen LogP contribution in [0.25, 0.3) is 5.76 Å². The van der Waals surface area contributed by atoms with Gasteiger partial charge in [-0.1, -0.05) is 18.2 Å². The standard InChI is InChI=1S/C25H23NO5S/c1-14(2)31-19-11-10-16(13-15(19)3)23(28)21-22(20-9-6-12-32-20)26(25(30)24(21)29)17-7-4-5-8-18(17)27/h4-14,22,27-28H,1-3H3/b23-21-. The number of aliphatic hydroxyl groups excluding tert-OH is 1. The van der Waals surface area contributed by atoms with Gasteiger partial charge in [0.25, 0.3) is 11.7 Å². The van der Waals surface area contributed by atoms with Gasteiger partial charge in [-0.2, -0.15) is 0 Å². The number of hydrogen-bond donors (Lipinski definition) is 2. The summed E-state index contributed by atoms with van der Waals surface area (Å²) in [6.07, 6.45) is -0.00384. The predicted octanol–water partition coefficient (Wildman–Crippen LogP) is 5.18. The predicted molar refractivity (Wildman–Crippen MR) is 124 cm³/mol. The van der Waals surface area contributed by atoms with Gasteiger partial charge in [0.1, 0.15) is 23.3 Å². The van der Waals surface area contributed by atoms with Gasteiger partial charge in [0.2, 0.25) is 0 Å². The first-order valence-corrected chi connectivity index (χ1v) is 11.1. The molecular weight excluding hydrogens is 426 g/mol. The Balaban J connectivity index is 1.87. The number of aryl methyl sites for hydroxylation is 1. The van der Waals surface area contributed by atoms with Crippen LogP contribution in [0, 0.1) is 6.92 Å². The largest absolute Gasteiger partial charge is 0.507 e. The first kappa shape index (κ1) is 21.6. The van der Waals surface area contributed by atoms with Crippen molar-refractivity contribution >= 4 is 34.5 Å². The van der Waals surface area contributed by atoms with E-state index in [2.05, 4.69) is 0 Å². The Kier molecular flexibility index (Phi) is 5.76. The normalized spacial score (nSPS) is 17.9. The van der Waals surface area contributed by atoms with Gasteiger partial charge in [-0.05, 0) is 68.1 Å². The van der Waals surface area contributed by atoms with Crippen molar-refractivity contribution in [3.8, 4) is 11.5 Å². The van der Waals surface area contributed by atoms with E-state index in [1.807, 2.05) is 32.2 Å². The van der Waals surface area contributed by atoms with Crippen LogP contribution in [0.2, 0.25) is 0 Å². The summed E-state index contributed by atoms with van der Waals surface area (Å²) in [5, 5.41) is 23.4. The Hall–Kier alpha value is -3.58. The van der Waals surface area contributed by atoms with Gasteiger partial charge in [-0.25, -0.2) is 0 Å². The van der Waals surface area contributed by atoms with Gasteiger partial charge in [0.15, 0.2) is 0 Å². The number of aliphatic hydroxyl groups is 1. The van der Waals surface area contributed by atoms with Crippen LogP contribution >= 0.6 is 11.3 Å². The Morgan fingerprint density at radius 1 is 1.09 bits per heavy atom. The minimum atomic E-state index is -0.852. The van der Waals surface area contributed by atoms with Crippen molar-refractivity contribution in [2.75, 3.05) is 4.90 Å². The molecule has 1 aromatic heterocycles. The maximum absolute atomic E-state index is 13.1. The number of ketones is 1. The molecule has 1 fully saturated rings. The van der Waals surface area contributed by atoms with Crippen molar-refractivity contribution in [1.29, 1.82) is 0 Å². The summed E-state index contributed by atoms with van der Waals surface area (Å²) in [5.41, 5.74) is 1.40. The number of phenolic OH excluding ortho intramolecular Hbond substituents is 1. The van der Waals surface area contributed by atoms with E-state index in [1.165, 1.54) is 22.3 Å². The smallest absolute Gasteiger partial charge is 0.300 e. The fourth-order valence-electron chi connectivity index (χ4n) is 3.80. The van der Waals surface area contributed by atoms with E-state index in [0.29, 0.717) is 16.2 Å². The lowest BCUT2D eigenvalue weighted by Gasteiger charge is -2.24. The third kappa shape index (κ3) is 3.76. The van der Waals surface area contributed by atoms with E-state index in [9.17, 15) is 19.8 Å². The number of hydrogen-bond acceptors (Lipinski definition) is 6. The van der Waals surface area contributed by atoms with Crippen LogP contribution in [-0.2, 0) is 9.59 Å². The number of ether oxygens (including phenoxy) is 1. The molecule has 1 atom stereocenters. The number of amides is 1. The summed E-state index contributed by atoms with van der Waals surface area (Å²) in [7, 11) is 0. The van der Waals surface area contributed by atoms with Crippen molar-refractivity contribution in [3.05, 3.63) is 81.6 Å². The topological polar surface area (TPSA) is 87.1 Å². The molecule has 2 N–H and O–H groups in total. The Morgan fingerprint density at radius 2 is 1.84 bits per heavy atom. The summed E-state index contributed by atoms with van der Waals surface area (Å²) in [6.45, 7) is 5.70. The average Bonchev–Trinajstić information content (AvgIpc) is 3.37. The molecule has 0 spiro atoms. The molecule has 32 heavy (non-hydrogen) atoms. The second-order valence-electron chi connectivity index (χ2n) is 7.82. The van der Waals surface area contributed by atoms with E-state index in [0.717, 1.165) is 5.56 Å². The van der Waals surface area contributed by atoms with Gasteiger partial charge >= 0.3 is 0 Å². The van der Waals surface area contributed by atoms with Crippen molar-refractivity contribution < 1.29 is 24.5 Å². The van der Waals surface area contributed by atoms with Crippen LogP contribution < -0.4 is 9.64 Å². The highest BCUT2D eigenvalue weighted by Crippen LogP contribution is 2.45. The first-order chi connectivity index (χ1) is 15.3. The number of anilines is 1. The van der Waals surface area contributed by atoms with Crippen LogP contribution in [0.5, 0.6) is 11.5 Å². The highest BCUT2D eigenvalue weighted by Gasteiger charge is 2.48. The number of para-hydroxylation sites is 2. The number of nitrogens with zero attached hydrogens (tertiary/aromatic N) is 1. The fraction of sp³-hybridized carbons (Fsp3) is 0.200. The van der Waals surface area contributed by atoms with Crippen LogP contribution in [-0.4, -0.2) is 28.0 Å². The molecule has 0 aliphatic carbocycles. The molecule has 1 aliphatic rings. The van der Waals surface area contributed by atoms with E-state index in [-0.39, 0.29) is 28.9 Å². The highest BCUT2D eigenvalue weighted by atomic mass is 32.1. The van der Waals surface area contributed by atoms with E-state index >= 15 is 0 Å². The molecule has 2 heterocycles. The molecule has 1 unspecified atom stereocenters. The molecule has 0 radical (unpaired) electrons. The van der Waals surface area contributed by atoms with Crippen LogP contribution in [0.15, 0.2) is 65.6 Å². The second kappa shape index (κ2) is 8.51. The molecule has 7 heteroatoms. The van der Waals surface area contributed by atoms with Crippen LogP contribution in [0.1, 0.15) is 35.9 Å². The van der Waals surface area contributed by atoms with Gasteiger partial charge < -0.3 is 14.9 Å². The zero-order chi connectivity index (χ0) is 23.0. The number of carbonyl (C=O) groups is 2. The lowest BCUT2D eigenvalue weighted by atomic mass is 9.98. The zero-order valence-electron chi connectivity index (χ0n) is 17.9. The molecule has 0 bridgehead atoms. The number of phenols is 1. The minimum Gasteiger partial charge on any atom is -0.507 e. The molecule has 1 aliphatic heterocycles. The third-order valence-electron chi connectivity index (χ3n) is 5.21. The van der Waals surface area contributed by atoms with Gasteiger partial charge in [0, 0.05) is 10.4 Å². The Bertz CT molecular complexity index is 1210. The summed E-state index contributed by atoms with van der Waals surface area (Å²) in [5.74, 6) is -1.31.